The van der Waals surface area contributed by atoms with Crippen molar-refractivity contribution in [3.05, 3.63) is 59.7 Å². The first-order valence-corrected chi connectivity index (χ1v) is 6.27. The number of rotatable bonds is 3. The second-order valence-electron chi connectivity index (χ2n) is 3.52. The van der Waals surface area contributed by atoms with Crippen molar-refractivity contribution in [3.63, 3.8) is 0 Å². The normalized spacial score (nSPS) is 9.65. The lowest BCUT2D eigenvalue weighted by molar-refractivity contribution is 0.482. The number of benzene rings is 2. The van der Waals surface area contributed by atoms with Gasteiger partial charge in [-0.15, -0.1) is 0 Å². The molecule has 0 aliphatic heterocycles. The lowest BCUT2D eigenvalue weighted by atomic mass is 10.2. The van der Waals surface area contributed by atoms with Gasteiger partial charge in [0.1, 0.15) is 11.5 Å². The van der Waals surface area contributed by atoms with Gasteiger partial charge in [0.25, 0.3) is 0 Å². The fourth-order valence-electron chi connectivity index (χ4n) is 1.38. The maximum absolute atomic E-state index is 8.68. The Morgan fingerprint density at radius 3 is 1.94 bits per heavy atom. The molecule has 84 valence electrons. The van der Waals surface area contributed by atoms with Gasteiger partial charge in [0.2, 0.25) is 0 Å². The van der Waals surface area contributed by atoms with Gasteiger partial charge in [0.05, 0.1) is 11.6 Å². The Morgan fingerprint density at radius 1 is 0.941 bits per heavy atom. The van der Waals surface area contributed by atoms with Crippen molar-refractivity contribution in [1.82, 2.24) is 0 Å². The van der Waals surface area contributed by atoms with Crippen molar-refractivity contribution in [1.29, 1.82) is 5.26 Å². The molecule has 0 heterocycles. The number of hydrogen-bond acceptors (Lipinski definition) is 2. The van der Waals surface area contributed by atoms with Crippen LogP contribution in [0.2, 0.25) is 0 Å². The van der Waals surface area contributed by atoms with E-state index >= 15 is 0 Å². The van der Waals surface area contributed by atoms with Gasteiger partial charge >= 0.3 is 0 Å². The molecule has 2 rings (SSSR count). The second kappa shape index (κ2) is 5.51. The van der Waals surface area contributed by atoms with Gasteiger partial charge in [-0.05, 0) is 42.0 Å². The summed E-state index contributed by atoms with van der Waals surface area (Å²) in [5.74, 6) is 1.52. The minimum absolute atomic E-state index is 0.631. The van der Waals surface area contributed by atoms with E-state index in [-0.39, 0.29) is 0 Å². The summed E-state index contributed by atoms with van der Waals surface area (Å²) in [5.41, 5.74) is 1.84. The van der Waals surface area contributed by atoms with Crippen molar-refractivity contribution >= 4 is 15.9 Å². The van der Waals surface area contributed by atoms with E-state index in [1.807, 2.05) is 24.3 Å². The summed E-state index contributed by atoms with van der Waals surface area (Å²) in [5, 5.41) is 9.52. The monoisotopic (exact) mass is 287 g/mol. The zero-order valence-corrected chi connectivity index (χ0v) is 10.6. The molecule has 0 aromatic heterocycles. The average molecular weight is 288 g/mol. The Morgan fingerprint density at radius 2 is 1.47 bits per heavy atom. The number of nitrogens with zero attached hydrogens (tertiary/aromatic N) is 1. The number of hydrogen-bond donors (Lipinski definition) is 0. The molecule has 0 bridgehead atoms. The minimum Gasteiger partial charge on any atom is -0.457 e. The van der Waals surface area contributed by atoms with E-state index in [0.29, 0.717) is 5.56 Å². The van der Waals surface area contributed by atoms with E-state index < -0.39 is 0 Å². The standard InChI is InChI=1S/C14H10BrNO/c15-9-11-1-5-13(6-2-11)17-14-7-3-12(10-16)4-8-14/h1-8H,9H2. The highest BCUT2D eigenvalue weighted by atomic mass is 79.9. The Labute approximate surface area is 109 Å². The van der Waals surface area contributed by atoms with Gasteiger partial charge in [-0.25, -0.2) is 0 Å². The van der Waals surface area contributed by atoms with Crippen molar-refractivity contribution in [2.24, 2.45) is 0 Å². The number of alkyl halides is 1. The molecular weight excluding hydrogens is 278 g/mol. The molecule has 0 fully saturated rings. The quantitative estimate of drug-likeness (QED) is 0.791. The molecule has 2 nitrogen and oxygen atoms in total. The smallest absolute Gasteiger partial charge is 0.127 e. The third-order valence-electron chi connectivity index (χ3n) is 2.30. The Kier molecular flexibility index (Phi) is 3.79. The average Bonchev–Trinajstić information content (AvgIpc) is 2.40. The van der Waals surface area contributed by atoms with E-state index in [9.17, 15) is 0 Å². The predicted molar refractivity (Wildman–Crippen MR) is 70.3 cm³/mol. The van der Waals surface area contributed by atoms with Crippen molar-refractivity contribution in [2.45, 2.75) is 5.33 Å². The largest absolute Gasteiger partial charge is 0.457 e. The van der Waals surface area contributed by atoms with Gasteiger partial charge in [-0.2, -0.15) is 5.26 Å². The summed E-state index contributed by atoms with van der Waals surface area (Å²) in [7, 11) is 0. The molecule has 0 saturated heterocycles. The molecule has 0 radical (unpaired) electrons. The van der Waals surface area contributed by atoms with Crippen LogP contribution in [-0.4, -0.2) is 0 Å². The molecule has 0 unspecified atom stereocenters. The van der Waals surface area contributed by atoms with Crippen LogP contribution in [0.3, 0.4) is 0 Å². The van der Waals surface area contributed by atoms with Crippen LogP contribution in [0.4, 0.5) is 0 Å². The first kappa shape index (κ1) is 11.7. The number of ether oxygens (including phenoxy) is 1. The van der Waals surface area contributed by atoms with Crippen LogP contribution in [-0.2, 0) is 5.33 Å². The topological polar surface area (TPSA) is 33.0 Å². The summed E-state index contributed by atoms with van der Waals surface area (Å²) >= 11 is 3.39. The summed E-state index contributed by atoms with van der Waals surface area (Å²) in [6.45, 7) is 0. The van der Waals surface area contributed by atoms with Gasteiger partial charge < -0.3 is 4.74 Å². The van der Waals surface area contributed by atoms with Crippen LogP contribution >= 0.6 is 15.9 Å². The summed E-state index contributed by atoms with van der Waals surface area (Å²) in [6, 6.07) is 17.0. The zero-order chi connectivity index (χ0) is 12.1. The zero-order valence-electron chi connectivity index (χ0n) is 9.06. The third kappa shape index (κ3) is 3.08. The second-order valence-corrected chi connectivity index (χ2v) is 4.08. The first-order valence-electron chi connectivity index (χ1n) is 5.15. The van der Waals surface area contributed by atoms with Gasteiger partial charge in [-0.3, -0.25) is 0 Å². The molecule has 2 aromatic carbocycles. The van der Waals surface area contributed by atoms with Crippen molar-refractivity contribution < 1.29 is 4.74 Å². The maximum atomic E-state index is 8.68. The van der Waals surface area contributed by atoms with E-state index in [0.717, 1.165) is 16.8 Å². The van der Waals surface area contributed by atoms with E-state index in [1.165, 1.54) is 5.56 Å². The van der Waals surface area contributed by atoms with Crippen LogP contribution < -0.4 is 4.74 Å². The predicted octanol–water partition coefficient (Wildman–Crippen LogP) is 4.25. The molecule has 0 spiro atoms. The SMILES string of the molecule is N#Cc1ccc(Oc2ccc(CBr)cc2)cc1. The van der Waals surface area contributed by atoms with Crippen molar-refractivity contribution in [3.8, 4) is 17.6 Å². The molecule has 0 aliphatic carbocycles. The van der Waals surface area contributed by atoms with Gasteiger partial charge in [0, 0.05) is 5.33 Å². The third-order valence-corrected chi connectivity index (χ3v) is 2.94. The van der Waals surface area contributed by atoms with Crippen LogP contribution in [0.5, 0.6) is 11.5 Å². The molecule has 3 heteroatoms. The lowest BCUT2D eigenvalue weighted by Gasteiger charge is -2.05. The molecule has 2 aromatic rings. The van der Waals surface area contributed by atoms with E-state index in [1.54, 1.807) is 24.3 Å². The van der Waals surface area contributed by atoms with Crippen LogP contribution in [0.15, 0.2) is 48.5 Å². The Balaban J connectivity index is 2.11. The van der Waals surface area contributed by atoms with E-state index in [4.69, 9.17) is 10.00 Å². The molecule has 0 aliphatic rings. The van der Waals surface area contributed by atoms with Crippen molar-refractivity contribution in [2.75, 3.05) is 0 Å². The summed E-state index contributed by atoms with van der Waals surface area (Å²) in [4.78, 5) is 0. The Hall–Kier alpha value is -1.79. The Bertz CT molecular complexity index is 526. The number of nitriles is 1. The minimum atomic E-state index is 0.631. The number of halogens is 1. The molecule has 17 heavy (non-hydrogen) atoms. The highest BCUT2D eigenvalue weighted by Gasteiger charge is 1.98. The molecule has 0 N–H and O–H groups in total. The summed E-state index contributed by atoms with van der Waals surface area (Å²) in [6.07, 6.45) is 0. The van der Waals surface area contributed by atoms with E-state index in [2.05, 4.69) is 22.0 Å². The lowest BCUT2D eigenvalue weighted by Crippen LogP contribution is -1.85. The highest BCUT2D eigenvalue weighted by molar-refractivity contribution is 9.08. The van der Waals surface area contributed by atoms with Gasteiger partial charge in [0.15, 0.2) is 0 Å². The van der Waals surface area contributed by atoms with Crippen LogP contribution in [0, 0.1) is 11.3 Å². The molecular formula is C14H10BrNO. The maximum Gasteiger partial charge on any atom is 0.127 e. The fourth-order valence-corrected chi connectivity index (χ4v) is 1.75. The molecule has 0 atom stereocenters. The van der Waals surface area contributed by atoms with Crippen LogP contribution in [0.25, 0.3) is 0 Å². The van der Waals surface area contributed by atoms with Crippen LogP contribution in [0.1, 0.15) is 11.1 Å². The highest BCUT2D eigenvalue weighted by Crippen LogP contribution is 2.22. The molecule has 0 amide bonds. The fraction of sp³-hybridized carbons (Fsp3) is 0.0714. The molecule has 0 saturated carbocycles. The van der Waals surface area contributed by atoms with Gasteiger partial charge in [-0.1, -0.05) is 28.1 Å². The first-order chi connectivity index (χ1) is 8.31. The summed E-state index contributed by atoms with van der Waals surface area (Å²) < 4.78 is 5.65.